The quantitative estimate of drug-likeness (QED) is 0.529. The van der Waals surface area contributed by atoms with E-state index in [-0.39, 0.29) is 12.6 Å². The van der Waals surface area contributed by atoms with Crippen molar-refractivity contribution in [1.82, 2.24) is 10.2 Å². The van der Waals surface area contributed by atoms with Crippen LogP contribution in [0.3, 0.4) is 0 Å². The molecule has 5 heteroatoms. The van der Waals surface area contributed by atoms with Crippen LogP contribution in [0.1, 0.15) is 12.8 Å². The molecule has 1 atom stereocenters. The van der Waals surface area contributed by atoms with Gasteiger partial charge in [0.15, 0.2) is 0 Å². The molecule has 0 aromatic carbocycles. The van der Waals surface area contributed by atoms with Gasteiger partial charge in [-0.05, 0) is 25.3 Å². The highest BCUT2D eigenvalue weighted by Crippen LogP contribution is 2.14. The molecular formula is C9H19N3O2. The maximum absolute atomic E-state index is 10.9. The summed E-state index contributed by atoms with van der Waals surface area (Å²) in [4.78, 5) is 12.6. The molecule has 0 saturated carbocycles. The van der Waals surface area contributed by atoms with E-state index < -0.39 is 0 Å². The molecule has 0 aromatic rings. The van der Waals surface area contributed by atoms with Gasteiger partial charge in [-0.3, -0.25) is 0 Å². The van der Waals surface area contributed by atoms with Crippen molar-refractivity contribution >= 4 is 6.03 Å². The Morgan fingerprint density at radius 3 is 3.07 bits per heavy atom. The number of carbonyl (C=O) groups excluding carboxylic acids is 1. The molecule has 5 nitrogen and oxygen atoms in total. The molecule has 1 aliphatic rings. The lowest BCUT2D eigenvalue weighted by Crippen LogP contribution is -2.45. The van der Waals surface area contributed by atoms with E-state index in [0.29, 0.717) is 12.5 Å². The monoisotopic (exact) mass is 201 g/mol. The smallest absolute Gasteiger partial charge is 0.314 e. The number of nitrogens with zero attached hydrogens (tertiary/aromatic N) is 1. The van der Waals surface area contributed by atoms with Gasteiger partial charge < -0.3 is 21.1 Å². The van der Waals surface area contributed by atoms with Crippen molar-refractivity contribution in [2.45, 2.75) is 12.8 Å². The second-order valence-electron chi connectivity index (χ2n) is 3.72. The van der Waals surface area contributed by atoms with Crippen LogP contribution >= 0.6 is 0 Å². The van der Waals surface area contributed by atoms with E-state index in [1.54, 1.807) is 4.90 Å². The normalized spacial score (nSPS) is 22.4. The number of primary amides is 1. The second-order valence-corrected chi connectivity index (χ2v) is 3.72. The van der Waals surface area contributed by atoms with E-state index in [4.69, 9.17) is 10.8 Å². The van der Waals surface area contributed by atoms with Gasteiger partial charge in [0.25, 0.3) is 0 Å². The van der Waals surface area contributed by atoms with Crippen LogP contribution in [0.25, 0.3) is 0 Å². The molecule has 1 unspecified atom stereocenters. The Bertz CT molecular complexity index is 187. The minimum Gasteiger partial charge on any atom is -0.395 e. The molecule has 1 aliphatic heterocycles. The zero-order valence-electron chi connectivity index (χ0n) is 8.41. The second kappa shape index (κ2) is 5.82. The average Bonchev–Trinajstić information content (AvgIpc) is 2.19. The standard InChI is InChI=1S/C9H19N3O2/c10-9(14)12-4-1-2-8(7-12)6-11-3-5-13/h8,11,13H,1-7H2,(H2,10,14). The Morgan fingerprint density at radius 1 is 1.64 bits per heavy atom. The van der Waals surface area contributed by atoms with E-state index in [0.717, 1.165) is 32.5 Å². The first kappa shape index (κ1) is 11.3. The summed E-state index contributed by atoms with van der Waals surface area (Å²) in [6.45, 7) is 3.16. The van der Waals surface area contributed by atoms with Crippen LogP contribution < -0.4 is 11.1 Å². The summed E-state index contributed by atoms with van der Waals surface area (Å²) >= 11 is 0. The van der Waals surface area contributed by atoms with Crippen LogP contribution in [0.2, 0.25) is 0 Å². The van der Waals surface area contributed by atoms with Crippen molar-refractivity contribution in [1.29, 1.82) is 0 Å². The number of rotatable bonds is 4. The maximum atomic E-state index is 10.9. The summed E-state index contributed by atoms with van der Waals surface area (Å²) in [5.74, 6) is 0.475. The number of nitrogens with one attached hydrogen (secondary N) is 1. The maximum Gasteiger partial charge on any atom is 0.314 e. The average molecular weight is 201 g/mol. The van der Waals surface area contributed by atoms with Gasteiger partial charge in [0, 0.05) is 19.6 Å². The molecule has 1 fully saturated rings. The summed E-state index contributed by atoms with van der Waals surface area (Å²) in [6, 6.07) is -0.322. The SMILES string of the molecule is NC(=O)N1CCCC(CNCCO)C1. The zero-order valence-corrected chi connectivity index (χ0v) is 8.41. The van der Waals surface area contributed by atoms with Crippen LogP contribution in [-0.2, 0) is 0 Å². The molecule has 2 amide bonds. The van der Waals surface area contributed by atoms with Gasteiger partial charge in [-0.15, -0.1) is 0 Å². The topological polar surface area (TPSA) is 78.6 Å². The third kappa shape index (κ3) is 3.51. The van der Waals surface area contributed by atoms with E-state index in [9.17, 15) is 4.79 Å². The van der Waals surface area contributed by atoms with Crippen molar-refractivity contribution in [3.8, 4) is 0 Å². The molecule has 0 aliphatic carbocycles. The number of aliphatic hydroxyl groups is 1. The lowest BCUT2D eigenvalue weighted by atomic mass is 9.98. The van der Waals surface area contributed by atoms with E-state index >= 15 is 0 Å². The van der Waals surface area contributed by atoms with Gasteiger partial charge in [-0.2, -0.15) is 0 Å². The van der Waals surface area contributed by atoms with Crippen molar-refractivity contribution in [3.63, 3.8) is 0 Å². The molecule has 0 bridgehead atoms. The Morgan fingerprint density at radius 2 is 2.43 bits per heavy atom. The Labute approximate surface area is 84.3 Å². The van der Waals surface area contributed by atoms with E-state index in [2.05, 4.69) is 5.32 Å². The summed E-state index contributed by atoms with van der Waals surface area (Å²) in [5, 5.41) is 11.7. The van der Waals surface area contributed by atoms with Crippen LogP contribution in [-0.4, -0.2) is 48.8 Å². The highest BCUT2D eigenvalue weighted by atomic mass is 16.3. The van der Waals surface area contributed by atoms with Crippen LogP contribution in [0.5, 0.6) is 0 Å². The van der Waals surface area contributed by atoms with Gasteiger partial charge >= 0.3 is 6.03 Å². The highest BCUT2D eigenvalue weighted by molar-refractivity contribution is 5.72. The van der Waals surface area contributed by atoms with Gasteiger partial charge in [0.2, 0.25) is 0 Å². The number of carbonyl (C=O) groups is 1. The molecule has 4 N–H and O–H groups in total. The predicted octanol–water partition coefficient (Wildman–Crippen LogP) is -0.641. The fourth-order valence-electron chi connectivity index (χ4n) is 1.82. The van der Waals surface area contributed by atoms with Crippen molar-refractivity contribution < 1.29 is 9.90 Å². The number of piperidine rings is 1. The molecule has 1 heterocycles. The number of hydrogen-bond donors (Lipinski definition) is 3. The first-order chi connectivity index (χ1) is 6.74. The van der Waals surface area contributed by atoms with E-state index in [1.165, 1.54) is 0 Å². The molecular weight excluding hydrogens is 182 g/mol. The number of hydrogen-bond acceptors (Lipinski definition) is 3. The number of aliphatic hydroxyl groups excluding tert-OH is 1. The van der Waals surface area contributed by atoms with Gasteiger partial charge in [-0.1, -0.05) is 0 Å². The Kier molecular flexibility index (Phi) is 4.69. The van der Waals surface area contributed by atoms with Crippen molar-refractivity contribution in [2.24, 2.45) is 11.7 Å². The summed E-state index contributed by atoms with van der Waals surface area (Å²) in [6.07, 6.45) is 2.15. The first-order valence-electron chi connectivity index (χ1n) is 5.10. The third-order valence-corrected chi connectivity index (χ3v) is 2.55. The molecule has 0 spiro atoms. The van der Waals surface area contributed by atoms with Gasteiger partial charge in [-0.25, -0.2) is 4.79 Å². The fourth-order valence-corrected chi connectivity index (χ4v) is 1.82. The molecule has 1 saturated heterocycles. The molecule has 0 aromatic heterocycles. The third-order valence-electron chi connectivity index (χ3n) is 2.55. The van der Waals surface area contributed by atoms with Crippen LogP contribution in [0.4, 0.5) is 4.79 Å². The Hall–Kier alpha value is -0.810. The van der Waals surface area contributed by atoms with Crippen molar-refractivity contribution in [3.05, 3.63) is 0 Å². The Balaban J connectivity index is 2.22. The number of likely N-dealkylation sites (tertiary alicyclic amines) is 1. The van der Waals surface area contributed by atoms with Crippen molar-refractivity contribution in [2.75, 3.05) is 32.8 Å². The first-order valence-corrected chi connectivity index (χ1v) is 5.10. The number of amides is 2. The summed E-state index contributed by atoms with van der Waals surface area (Å²) in [5.41, 5.74) is 5.21. The number of urea groups is 1. The lowest BCUT2D eigenvalue weighted by Gasteiger charge is -2.31. The minimum absolute atomic E-state index is 0.159. The van der Waals surface area contributed by atoms with Gasteiger partial charge in [0.1, 0.15) is 0 Å². The van der Waals surface area contributed by atoms with Gasteiger partial charge in [0.05, 0.1) is 6.61 Å². The minimum atomic E-state index is -0.322. The molecule has 0 radical (unpaired) electrons. The highest BCUT2D eigenvalue weighted by Gasteiger charge is 2.21. The fraction of sp³-hybridized carbons (Fsp3) is 0.889. The van der Waals surface area contributed by atoms with E-state index in [1.807, 2.05) is 0 Å². The van der Waals surface area contributed by atoms with Crippen LogP contribution in [0.15, 0.2) is 0 Å². The molecule has 82 valence electrons. The summed E-state index contributed by atoms with van der Waals surface area (Å²) in [7, 11) is 0. The summed E-state index contributed by atoms with van der Waals surface area (Å²) < 4.78 is 0. The predicted molar refractivity (Wildman–Crippen MR) is 53.8 cm³/mol. The largest absolute Gasteiger partial charge is 0.395 e. The lowest BCUT2D eigenvalue weighted by molar-refractivity contribution is 0.171. The molecule has 1 rings (SSSR count). The number of nitrogens with two attached hydrogens (primary N) is 1. The zero-order chi connectivity index (χ0) is 10.4. The molecule has 14 heavy (non-hydrogen) atoms. The van der Waals surface area contributed by atoms with Crippen LogP contribution in [0, 0.1) is 5.92 Å².